The van der Waals surface area contributed by atoms with E-state index in [1.807, 2.05) is 55.6 Å². The van der Waals surface area contributed by atoms with Gasteiger partial charge in [0, 0.05) is 53.9 Å². The van der Waals surface area contributed by atoms with E-state index in [1.165, 1.54) is 12.1 Å². The Labute approximate surface area is 290 Å². The minimum atomic E-state index is -4.64. The Morgan fingerprint density at radius 1 is 1.02 bits per heavy atom. The quantitative estimate of drug-likeness (QED) is 0.122. The van der Waals surface area contributed by atoms with Crippen LogP contribution >= 0.6 is 0 Å². The number of carbonyl (C=O) groups is 2. The highest BCUT2D eigenvalue weighted by atomic mass is 19.4. The van der Waals surface area contributed by atoms with Gasteiger partial charge in [-0.25, -0.2) is 9.97 Å². The van der Waals surface area contributed by atoms with Crippen LogP contribution in [-0.4, -0.2) is 70.5 Å². The molecule has 0 unspecified atom stereocenters. The third kappa shape index (κ3) is 10.2. The van der Waals surface area contributed by atoms with Gasteiger partial charge in [0.25, 0.3) is 0 Å². The number of aromatic nitrogens is 4. The molecular formula is C37H44F3N7O3. The van der Waals surface area contributed by atoms with E-state index in [0.29, 0.717) is 42.6 Å². The van der Waals surface area contributed by atoms with Gasteiger partial charge in [0.05, 0.1) is 6.61 Å². The van der Waals surface area contributed by atoms with Crippen molar-refractivity contribution in [3.63, 3.8) is 0 Å². The van der Waals surface area contributed by atoms with Crippen LogP contribution in [0.15, 0.2) is 66.9 Å². The second kappa shape index (κ2) is 16.9. The van der Waals surface area contributed by atoms with Gasteiger partial charge in [-0.1, -0.05) is 24.3 Å². The summed E-state index contributed by atoms with van der Waals surface area (Å²) in [7, 11) is 4.04. The number of hydrogen-bond acceptors (Lipinski definition) is 8. The average Bonchev–Trinajstić information content (AvgIpc) is 3.62. The summed E-state index contributed by atoms with van der Waals surface area (Å²) in [6.07, 6.45) is 1.78. The number of Topliss-reactive ketones (excluding diaryl/α,β-unsaturated/α-hetero) is 1. The number of benzene rings is 2. The van der Waals surface area contributed by atoms with Crippen molar-refractivity contribution in [2.24, 2.45) is 23.5 Å². The number of aromatic amines is 1. The number of ketones is 1. The zero-order valence-corrected chi connectivity index (χ0v) is 28.4. The van der Waals surface area contributed by atoms with Crippen molar-refractivity contribution in [3.8, 4) is 28.4 Å². The van der Waals surface area contributed by atoms with Gasteiger partial charge in [0.15, 0.2) is 5.82 Å². The molecule has 2 aromatic carbocycles. The van der Waals surface area contributed by atoms with Crippen LogP contribution in [0, 0.1) is 17.8 Å². The van der Waals surface area contributed by atoms with Gasteiger partial charge in [-0.15, -0.1) is 0 Å². The van der Waals surface area contributed by atoms with Crippen LogP contribution in [0.3, 0.4) is 0 Å². The van der Waals surface area contributed by atoms with Crippen molar-refractivity contribution in [2.75, 3.05) is 39.1 Å². The van der Waals surface area contributed by atoms with E-state index in [4.69, 9.17) is 10.5 Å². The number of amides is 1. The number of alkyl halides is 3. The summed E-state index contributed by atoms with van der Waals surface area (Å²) >= 11 is 0. The van der Waals surface area contributed by atoms with Crippen molar-refractivity contribution < 1.29 is 27.5 Å². The number of nitrogens with one attached hydrogen (secondary N) is 2. The zero-order valence-electron chi connectivity index (χ0n) is 28.4. The van der Waals surface area contributed by atoms with Crippen LogP contribution < -0.4 is 15.8 Å². The molecule has 0 saturated heterocycles. The summed E-state index contributed by atoms with van der Waals surface area (Å²) in [6.45, 7) is 2.11. The molecule has 1 fully saturated rings. The minimum absolute atomic E-state index is 0.0718. The van der Waals surface area contributed by atoms with Crippen LogP contribution in [-0.2, 0) is 22.2 Å². The zero-order chi connectivity index (χ0) is 35.7. The third-order valence-electron chi connectivity index (χ3n) is 9.10. The molecule has 1 aliphatic carbocycles. The number of nitrogens with zero attached hydrogens (tertiary/aromatic N) is 4. The molecule has 10 nitrogen and oxygen atoms in total. The number of H-pyrrole nitrogens is 1. The fourth-order valence-electron chi connectivity index (χ4n) is 6.21. The smallest absolute Gasteiger partial charge is 0.451 e. The first-order valence-corrected chi connectivity index (χ1v) is 16.9. The second-order valence-corrected chi connectivity index (χ2v) is 13.2. The van der Waals surface area contributed by atoms with Gasteiger partial charge in [-0.3, -0.25) is 14.7 Å². The maximum Gasteiger partial charge on any atom is 0.451 e. The van der Waals surface area contributed by atoms with Crippen LogP contribution in [0.2, 0.25) is 0 Å². The highest BCUT2D eigenvalue weighted by Crippen LogP contribution is 2.32. The molecule has 0 spiro atoms. The predicted octanol–water partition coefficient (Wildman–Crippen LogP) is 6.40. The molecule has 50 heavy (non-hydrogen) atoms. The lowest BCUT2D eigenvalue weighted by Gasteiger charge is -2.27. The summed E-state index contributed by atoms with van der Waals surface area (Å²) in [6, 6.07) is 17.9. The monoisotopic (exact) mass is 691 g/mol. The van der Waals surface area contributed by atoms with Gasteiger partial charge < -0.3 is 20.7 Å². The lowest BCUT2D eigenvalue weighted by molar-refractivity contribution is -0.144. The van der Waals surface area contributed by atoms with Crippen LogP contribution in [0.4, 0.5) is 18.9 Å². The summed E-state index contributed by atoms with van der Waals surface area (Å²) in [5, 5.41) is 8.48. The van der Waals surface area contributed by atoms with E-state index in [9.17, 15) is 22.8 Å². The van der Waals surface area contributed by atoms with E-state index < -0.39 is 17.9 Å². The Morgan fingerprint density at radius 3 is 2.40 bits per heavy atom. The standard InChI is InChI=1S/C37H44F3N7O3/c1-47(2)17-4-18-50-33-16-13-29(23-42-33)28-6-3-5-25(19-28)20-30(21-32(48)26-9-7-24(22-41)8-10-26)35(49)43-31-14-11-27(12-15-31)34-44-36(46-45-34)37(38,39)40/h3,5-6,11-16,19,23-24,26,30H,4,7-10,17-18,20-22,41H2,1-2H3,(H,43,49)(H,44,45,46)/t24?,26?,30-/m1/s1. The molecule has 4 N–H and O–H groups in total. The number of nitrogens with two attached hydrogens (primary N) is 1. The molecule has 1 saturated carbocycles. The van der Waals surface area contributed by atoms with Crippen LogP contribution in [0.5, 0.6) is 5.88 Å². The number of anilines is 1. The number of carbonyl (C=O) groups excluding carboxylic acids is 2. The number of pyridine rings is 1. The van der Waals surface area contributed by atoms with E-state index in [-0.39, 0.29) is 29.9 Å². The van der Waals surface area contributed by atoms with Crippen molar-refractivity contribution in [2.45, 2.75) is 51.1 Å². The highest BCUT2D eigenvalue weighted by Gasteiger charge is 2.35. The lowest BCUT2D eigenvalue weighted by Crippen LogP contribution is -2.31. The van der Waals surface area contributed by atoms with Gasteiger partial charge in [-0.2, -0.15) is 18.3 Å². The third-order valence-corrected chi connectivity index (χ3v) is 9.10. The molecule has 2 heterocycles. The average molecular weight is 692 g/mol. The topological polar surface area (TPSA) is 139 Å². The largest absolute Gasteiger partial charge is 0.478 e. The molecule has 5 rings (SSSR count). The van der Waals surface area contributed by atoms with Gasteiger partial charge in [-0.05, 0) is 107 Å². The first-order valence-electron chi connectivity index (χ1n) is 16.9. The van der Waals surface area contributed by atoms with E-state index in [1.54, 1.807) is 18.3 Å². The number of rotatable bonds is 15. The fourth-order valence-corrected chi connectivity index (χ4v) is 6.21. The maximum absolute atomic E-state index is 13.8. The molecule has 1 amide bonds. The van der Waals surface area contributed by atoms with Crippen molar-refractivity contribution >= 4 is 17.4 Å². The Hall–Kier alpha value is -4.62. The molecule has 4 aromatic rings. The van der Waals surface area contributed by atoms with Gasteiger partial charge in [0.2, 0.25) is 17.6 Å². The molecule has 0 radical (unpaired) electrons. The van der Waals surface area contributed by atoms with Gasteiger partial charge >= 0.3 is 6.18 Å². The van der Waals surface area contributed by atoms with E-state index >= 15 is 0 Å². The summed E-state index contributed by atoms with van der Waals surface area (Å²) in [4.78, 5) is 37.4. The van der Waals surface area contributed by atoms with E-state index in [2.05, 4.69) is 25.3 Å². The van der Waals surface area contributed by atoms with Crippen molar-refractivity contribution in [1.82, 2.24) is 25.1 Å². The van der Waals surface area contributed by atoms with Gasteiger partial charge in [0.1, 0.15) is 5.78 Å². The predicted molar refractivity (Wildman–Crippen MR) is 185 cm³/mol. The summed E-state index contributed by atoms with van der Waals surface area (Å²) < 4.78 is 44.7. The van der Waals surface area contributed by atoms with Crippen LogP contribution in [0.1, 0.15) is 49.9 Å². The van der Waals surface area contributed by atoms with Crippen LogP contribution in [0.25, 0.3) is 22.5 Å². The Bertz CT molecular complexity index is 1700. The number of halogens is 3. The van der Waals surface area contributed by atoms with Crippen molar-refractivity contribution in [3.05, 3.63) is 78.2 Å². The summed E-state index contributed by atoms with van der Waals surface area (Å²) in [5.41, 5.74) is 9.37. The number of hydrogen-bond donors (Lipinski definition) is 3. The SMILES string of the molecule is CN(C)CCCOc1ccc(-c2cccc(C[C@H](CC(=O)C3CCC(CN)CC3)C(=O)Nc3ccc(-c4n[nH]c(C(F)(F)F)n4)cc3)c2)cn1. The highest BCUT2D eigenvalue weighted by molar-refractivity contribution is 5.96. The molecule has 1 aliphatic rings. The second-order valence-electron chi connectivity index (χ2n) is 13.2. The van der Waals surface area contributed by atoms with Crippen molar-refractivity contribution in [1.29, 1.82) is 0 Å². The molecule has 2 aromatic heterocycles. The lowest BCUT2D eigenvalue weighted by atomic mass is 9.77. The molecular weight excluding hydrogens is 647 g/mol. The molecule has 0 aliphatic heterocycles. The minimum Gasteiger partial charge on any atom is -0.478 e. The normalized spacial score (nSPS) is 17.0. The Kier molecular flexibility index (Phi) is 12.4. The maximum atomic E-state index is 13.8. The summed E-state index contributed by atoms with van der Waals surface area (Å²) in [5.74, 6) is -1.31. The number of ether oxygens (including phenoxy) is 1. The molecule has 1 atom stereocenters. The molecule has 266 valence electrons. The Balaban J connectivity index is 1.28. The van der Waals surface area contributed by atoms with E-state index in [0.717, 1.165) is 55.3 Å². The first kappa shape index (κ1) is 36.7. The molecule has 0 bridgehead atoms. The first-order chi connectivity index (χ1) is 24.0. The molecule has 13 heteroatoms. The fraction of sp³-hybridized carbons (Fsp3) is 0.432. The Morgan fingerprint density at radius 2 is 1.76 bits per heavy atom.